The molecule has 2 atom stereocenters. The summed E-state index contributed by atoms with van der Waals surface area (Å²) in [7, 11) is 0. The van der Waals surface area contributed by atoms with Crippen LogP contribution in [0.2, 0.25) is 0 Å². The Morgan fingerprint density at radius 3 is 2.61 bits per heavy atom. The zero-order valence-corrected chi connectivity index (χ0v) is 15.6. The molecule has 2 aromatic rings. The van der Waals surface area contributed by atoms with Gasteiger partial charge in [0.15, 0.2) is 0 Å². The molecular formula is C22H23FN2O3. The third-order valence-corrected chi connectivity index (χ3v) is 5.52. The van der Waals surface area contributed by atoms with Gasteiger partial charge in [0.05, 0.1) is 12.5 Å². The molecule has 0 bridgehead atoms. The van der Waals surface area contributed by atoms with Crippen LogP contribution in [0, 0.1) is 11.7 Å². The number of anilines is 1. The second kappa shape index (κ2) is 8.10. The van der Waals surface area contributed by atoms with Crippen LogP contribution in [0.3, 0.4) is 0 Å². The van der Waals surface area contributed by atoms with Crippen molar-refractivity contribution in [1.29, 1.82) is 0 Å². The Kier molecular flexibility index (Phi) is 5.39. The maximum absolute atomic E-state index is 13.9. The van der Waals surface area contributed by atoms with Crippen molar-refractivity contribution in [3.8, 4) is 0 Å². The molecule has 0 unspecified atom stereocenters. The minimum absolute atomic E-state index is 0.0324. The summed E-state index contributed by atoms with van der Waals surface area (Å²) in [5, 5.41) is 0. The molecule has 2 heterocycles. The molecule has 0 aromatic heterocycles. The molecule has 28 heavy (non-hydrogen) atoms. The molecular weight excluding hydrogens is 359 g/mol. The van der Waals surface area contributed by atoms with E-state index in [9.17, 15) is 14.0 Å². The van der Waals surface area contributed by atoms with Crippen LogP contribution in [0.1, 0.15) is 12.0 Å². The topological polar surface area (TPSA) is 49.9 Å². The Morgan fingerprint density at radius 1 is 1.07 bits per heavy atom. The van der Waals surface area contributed by atoms with E-state index in [4.69, 9.17) is 4.74 Å². The van der Waals surface area contributed by atoms with E-state index in [0.717, 1.165) is 5.69 Å². The summed E-state index contributed by atoms with van der Waals surface area (Å²) in [5.41, 5.74) is 1.25. The number of hydrogen-bond donors (Lipinski definition) is 0. The van der Waals surface area contributed by atoms with Crippen molar-refractivity contribution in [1.82, 2.24) is 4.90 Å². The predicted molar refractivity (Wildman–Crippen MR) is 103 cm³/mol. The fraction of sp³-hybridized carbons (Fsp3) is 0.364. The third-order valence-electron chi connectivity index (χ3n) is 5.52. The van der Waals surface area contributed by atoms with E-state index in [0.29, 0.717) is 31.6 Å². The van der Waals surface area contributed by atoms with Gasteiger partial charge in [0.25, 0.3) is 5.91 Å². The number of carbonyl (C=O) groups is 2. The van der Waals surface area contributed by atoms with Crippen LogP contribution in [0.25, 0.3) is 0 Å². The predicted octanol–water partition coefficient (Wildman–Crippen LogP) is 2.65. The maximum atomic E-state index is 13.9. The molecule has 5 nitrogen and oxygen atoms in total. The minimum Gasteiger partial charge on any atom is -0.368 e. The number of para-hydroxylation sites is 1. The van der Waals surface area contributed by atoms with Gasteiger partial charge in [-0.25, -0.2) is 4.39 Å². The van der Waals surface area contributed by atoms with Crippen molar-refractivity contribution in [3.05, 3.63) is 66.0 Å². The average Bonchev–Trinajstić information content (AvgIpc) is 2.89. The molecule has 0 spiro atoms. The van der Waals surface area contributed by atoms with E-state index >= 15 is 0 Å². The number of halogens is 1. The van der Waals surface area contributed by atoms with Crippen LogP contribution in [0.4, 0.5) is 10.1 Å². The van der Waals surface area contributed by atoms with Gasteiger partial charge in [0.1, 0.15) is 12.4 Å². The second-order valence-corrected chi connectivity index (χ2v) is 7.35. The summed E-state index contributed by atoms with van der Waals surface area (Å²) in [6, 6.07) is 15.9. The Bertz CT molecular complexity index is 858. The van der Waals surface area contributed by atoms with Crippen LogP contribution < -0.4 is 4.90 Å². The van der Waals surface area contributed by atoms with Gasteiger partial charge in [-0.05, 0) is 30.2 Å². The van der Waals surface area contributed by atoms with E-state index < -0.39 is 0 Å². The highest BCUT2D eigenvalue weighted by atomic mass is 19.1. The lowest BCUT2D eigenvalue weighted by molar-refractivity contribution is -0.136. The number of likely N-dealkylation sites (tertiary alicyclic amines) is 1. The molecule has 0 N–H and O–H groups in total. The molecule has 2 saturated heterocycles. The van der Waals surface area contributed by atoms with E-state index in [2.05, 4.69) is 0 Å². The molecule has 2 aromatic carbocycles. The molecule has 0 radical (unpaired) electrons. The first kappa shape index (κ1) is 18.6. The molecule has 2 fully saturated rings. The van der Waals surface area contributed by atoms with E-state index in [1.54, 1.807) is 28.0 Å². The zero-order valence-electron chi connectivity index (χ0n) is 15.6. The van der Waals surface area contributed by atoms with Crippen molar-refractivity contribution in [2.75, 3.05) is 31.1 Å². The first-order valence-corrected chi connectivity index (χ1v) is 9.60. The molecule has 2 amide bonds. The van der Waals surface area contributed by atoms with E-state index in [1.165, 1.54) is 6.07 Å². The third kappa shape index (κ3) is 3.92. The fourth-order valence-electron chi connectivity index (χ4n) is 4.00. The van der Waals surface area contributed by atoms with E-state index in [1.807, 2.05) is 30.3 Å². The van der Waals surface area contributed by atoms with Gasteiger partial charge in [-0.2, -0.15) is 0 Å². The number of carbonyl (C=O) groups excluding carboxylic acids is 2. The number of fused-ring (bicyclic) bond motifs is 1. The number of piperidine rings is 1. The maximum Gasteiger partial charge on any atom is 0.252 e. The normalized spacial score (nSPS) is 22.5. The molecule has 146 valence electrons. The van der Waals surface area contributed by atoms with Gasteiger partial charge >= 0.3 is 0 Å². The highest BCUT2D eigenvalue weighted by Crippen LogP contribution is 2.27. The van der Waals surface area contributed by atoms with Crippen molar-refractivity contribution in [3.63, 3.8) is 0 Å². The van der Waals surface area contributed by atoms with Crippen molar-refractivity contribution in [2.45, 2.75) is 18.9 Å². The zero-order chi connectivity index (χ0) is 19.5. The first-order valence-electron chi connectivity index (χ1n) is 9.60. The first-order chi connectivity index (χ1) is 13.6. The quantitative estimate of drug-likeness (QED) is 0.820. The lowest BCUT2D eigenvalue weighted by Gasteiger charge is -2.38. The van der Waals surface area contributed by atoms with Crippen LogP contribution in [-0.2, 0) is 20.7 Å². The standard InChI is InChI=1S/C22H23FN2O3/c23-19-9-5-4-6-16(19)12-21(26)24-11-10-20-17(13-24)14-25(22(27)15-28-20)18-7-2-1-3-8-18/h1-9,17,20H,10-15H2/t17-,20+/m1/s1. The monoisotopic (exact) mass is 382 g/mol. The smallest absolute Gasteiger partial charge is 0.252 e. The number of amides is 2. The molecule has 4 rings (SSSR count). The van der Waals surface area contributed by atoms with Crippen LogP contribution in [0.15, 0.2) is 54.6 Å². The highest BCUT2D eigenvalue weighted by Gasteiger charge is 2.37. The summed E-state index contributed by atoms with van der Waals surface area (Å²) in [5.74, 6) is -0.482. The lowest BCUT2D eigenvalue weighted by atomic mass is 9.93. The molecule has 0 saturated carbocycles. The number of rotatable bonds is 3. The summed E-state index contributed by atoms with van der Waals surface area (Å²) < 4.78 is 19.7. The largest absolute Gasteiger partial charge is 0.368 e. The van der Waals surface area contributed by atoms with Gasteiger partial charge in [-0.15, -0.1) is 0 Å². The summed E-state index contributed by atoms with van der Waals surface area (Å²) in [6.07, 6.45) is 0.686. The van der Waals surface area contributed by atoms with Gasteiger partial charge in [0, 0.05) is 31.2 Å². The molecule has 6 heteroatoms. The molecule has 2 aliphatic rings. The second-order valence-electron chi connectivity index (χ2n) is 7.35. The molecule has 2 aliphatic heterocycles. The Balaban J connectivity index is 1.47. The van der Waals surface area contributed by atoms with Crippen molar-refractivity contribution < 1.29 is 18.7 Å². The Hall–Kier alpha value is -2.73. The lowest BCUT2D eigenvalue weighted by Crippen LogP contribution is -2.49. The van der Waals surface area contributed by atoms with Crippen LogP contribution in [-0.4, -0.2) is 49.1 Å². The van der Waals surface area contributed by atoms with Gasteiger partial charge < -0.3 is 14.5 Å². The minimum atomic E-state index is -0.357. The number of benzene rings is 2. The summed E-state index contributed by atoms with van der Waals surface area (Å²) in [4.78, 5) is 28.8. The van der Waals surface area contributed by atoms with Crippen molar-refractivity contribution in [2.24, 2.45) is 5.92 Å². The summed E-state index contributed by atoms with van der Waals surface area (Å²) >= 11 is 0. The highest BCUT2D eigenvalue weighted by molar-refractivity contribution is 5.94. The fourth-order valence-corrected chi connectivity index (χ4v) is 4.00. The number of ether oxygens (including phenoxy) is 1. The Labute approximate surface area is 163 Å². The number of hydrogen-bond acceptors (Lipinski definition) is 3. The molecule has 0 aliphatic carbocycles. The SMILES string of the molecule is O=C(Cc1ccccc1F)N1CC[C@@H]2OCC(=O)N(c3ccccc3)C[C@H]2C1. The summed E-state index contributed by atoms with van der Waals surface area (Å²) in [6.45, 7) is 1.64. The van der Waals surface area contributed by atoms with Gasteiger partial charge in [0.2, 0.25) is 5.91 Å². The van der Waals surface area contributed by atoms with Crippen LogP contribution in [0.5, 0.6) is 0 Å². The van der Waals surface area contributed by atoms with E-state index in [-0.39, 0.29) is 42.7 Å². The average molecular weight is 382 g/mol. The Morgan fingerprint density at radius 2 is 1.82 bits per heavy atom. The van der Waals surface area contributed by atoms with Crippen LogP contribution >= 0.6 is 0 Å². The van der Waals surface area contributed by atoms with Gasteiger partial charge in [-0.3, -0.25) is 9.59 Å². The van der Waals surface area contributed by atoms with Crippen molar-refractivity contribution >= 4 is 17.5 Å². The van der Waals surface area contributed by atoms with Gasteiger partial charge in [-0.1, -0.05) is 36.4 Å². The number of nitrogens with zero attached hydrogens (tertiary/aromatic N) is 2.